The third-order valence-corrected chi connectivity index (χ3v) is 2.74. The van der Waals surface area contributed by atoms with Crippen LogP contribution in [0, 0.1) is 0 Å². The first kappa shape index (κ1) is 14.1. The third kappa shape index (κ3) is 3.26. The highest BCUT2D eigenvalue weighted by atomic mass is 16.5. The lowest BCUT2D eigenvalue weighted by Gasteiger charge is -2.11. The average molecular weight is 250 g/mol. The topological polar surface area (TPSA) is 55.8 Å². The molecule has 1 rings (SSSR count). The minimum atomic E-state index is -0.883. The second-order valence-electron chi connectivity index (χ2n) is 3.73. The van der Waals surface area contributed by atoms with Crippen LogP contribution in [0.4, 0.5) is 0 Å². The fourth-order valence-corrected chi connectivity index (χ4v) is 1.74. The van der Waals surface area contributed by atoms with Gasteiger partial charge in [-0.1, -0.05) is 19.1 Å². The van der Waals surface area contributed by atoms with E-state index in [1.807, 2.05) is 25.1 Å². The summed E-state index contributed by atoms with van der Waals surface area (Å²) >= 11 is 0. The van der Waals surface area contributed by atoms with E-state index >= 15 is 0 Å². The normalized spacial score (nSPS) is 11.2. The summed E-state index contributed by atoms with van der Waals surface area (Å²) in [5, 5.41) is 8.97. The van der Waals surface area contributed by atoms with Crippen LogP contribution < -0.4 is 9.47 Å². The predicted molar refractivity (Wildman–Crippen MR) is 69.3 cm³/mol. The highest BCUT2D eigenvalue weighted by Gasteiger charge is 2.10. The van der Waals surface area contributed by atoms with Gasteiger partial charge in [0.2, 0.25) is 0 Å². The number of ether oxygens (including phenoxy) is 2. The molecule has 0 amide bonds. The number of hydrogen-bond acceptors (Lipinski definition) is 3. The van der Waals surface area contributed by atoms with Crippen LogP contribution in [-0.4, -0.2) is 25.3 Å². The SMILES string of the molecule is CC/C(=C\Cc1c(OC)cccc1OC)C(=O)O. The number of methoxy groups -OCH3 is 2. The van der Waals surface area contributed by atoms with E-state index in [0.29, 0.717) is 29.9 Å². The lowest BCUT2D eigenvalue weighted by atomic mass is 10.1. The number of carboxylic acids is 1. The second-order valence-corrected chi connectivity index (χ2v) is 3.73. The molecular weight excluding hydrogens is 232 g/mol. The van der Waals surface area contributed by atoms with Gasteiger partial charge in [-0.25, -0.2) is 4.79 Å². The zero-order valence-electron chi connectivity index (χ0n) is 10.9. The van der Waals surface area contributed by atoms with Gasteiger partial charge in [-0.05, 0) is 25.0 Å². The molecule has 1 aromatic carbocycles. The molecule has 0 radical (unpaired) electrons. The predicted octanol–water partition coefficient (Wildman–Crippen LogP) is 2.67. The molecule has 1 aromatic rings. The van der Waals surface area contributed by atoms with E-state index in [4.69, 9.17) is 14.6 Å². The largest absolute Gasteiger partial charge is 0.496 e. The Kier molecular flexibility index (Phi) is 5.24. The molecule has 0 aromatic heterocycles. The van der Waals surface area contributed by atoms with Crippen molar-refractivity contribution in [3.8, 4) is 11.5 Å². The highest BCUT2D eigenvalue weighted by Crippen LogP contribution is 2.29. The van der Waals surface area contributed by atoms with E-state index in [1.165, 1.54) is 0 Å². The van der Waals surface area contributed by atoms with Crippen LogP contribution in [0.3, 0.4) is 0 Å². The van der Waals surface area contributed by atoms with Crippen molar-refractivity contribution in [3.05, 3.63) is 35.4 Å². The standard InChI is InChI=1S/C14H18O4/c1-4-10(14(15)16)8-9-11-12(17-2)6-5-7-13(11)18-3/h5-8H,4,9H2,1-3H3,(H,15,16)/b10-8+. The van der Waals surface area contributed by atoms with Crippen LogP contribution in [0.5, 0.6) is 11.5 Å². The molecule has 4 nitrogen and oxygen atoms in total. The van der Waals surface area contributed by atoms with Gasteiger partial charge >= 0.3 is 5.97 Å². The Morgan fingerprint density at radius 3 is 2.22 bits per heavy atom. The van der Waals surface area contributed by atoms with Gasteiger partial charge in [-0.15, -0.1) is 0 Å². The number of aliphatic carboxylic acids is 1. The van der Waals surface area contributed by atoms with Gasteiger partial charge in [0, 0.05) is 11.1 Å². The molecule has 0 saturated heterocycles. The number of carboxylic acid groups (broad SMARTS) is 1. The van der Waals surface area contributed by atoms with Crippen molar-refractivity contribution in [2.24, 2.45) is 0 Å². The molecule has 0 fully saturated rings. The molecule has 4 heteroatoms. The van der Waals surface area contributed by atoms with Gasteiger partial charge in [0.15, 0.2) is 0 Å². The molecule has 0 bridgehead atoms. The first-order chi connectivity index (χ1) is 8.63. The summed E-state index contributed by atoms with van der Waals surface area (Å²) in [4.78, 5) is 10.9. The maximum atomic E-state index is 10.9. The molecule has 0 aliphatic carbocycles. The van der Waals surface area contributed by atoms with Gasteiger partial charge in [0.25, 0.3) is 0 Å². The number of hydrogen-bond donors (Lipinski definition) is 1. The summed E-state index contributed by atoms with van der Waals surface area (Å²) in [6.45, 7) is 1.82. The van der Waals surface area contributed by atoms with Crippen molar-refractivity contribution in [1.29, 1.82) is 0 Å². The van der Waals surface area contributed by atoms with E-state index in [9.17, 15) is 4.79 Å². The second kappa shape index (κ2) is 6.69. The van der Waals surface area contributed by atoms with Gasteiger partial charge in [-0.2, -0.15) is 0 Å². The fraction of sp³-hybridized carbons (Fsp3) is 0.357. The first-order valence-corrected chi connectivity index (χ1v) is 5.76. The number of carbonyl (C=O) groups is 1. The van der Waals surface area contributed by atoms with Crippen LogP contribution in [0.15, 0.2) is 29.8 Å². The number of allylic oxidation sites excluding steroid dienone is 1. The monoisotopic (exact) mass is 250 g/mol. The van der Waals surface area contributed by atoms with Gasteiger partial charge in [-0.3, -0.25) is 0 Å². The summed E-state index contributed by atoms with van der Waals surface area (Å²) in [5.74, 6) is 0.518. The van der Waals surface area contributed by atoms with Crippen molar-refractivity contribution in [2.45, 2.75) is 19.8 Å². The Morgan fingerprint density at radius 2 is 1.83 bits per heavy atom. The molecule has 0 heterocycles. The minimum absolute atomic E-state index is 0.392. The lowest BCUT2D eigenvalue weighted by molar-refractivity contribution is -0.132. The molecule has 0 aliphatic rings. The molecule has 18 heavy (non-hydrogen) atoms. The molecule has 0 aliphatic heterocycles. The van der Waals surface area contributed by atoms with Crippen molar-refractivity contribution in [2.75, 3.05) is 14.2 Å². The molecule has 0 unspecified atom stereocenters. The molecule has 1 N–H and O–H groups in total. The molecular formula is C14H18O4. The molecule has 0 saturated carbocycles. The van der Waals surface area contributed by atoms with Gasteiger partial charge < -0.3 is 14.6 Å². The zero-order chi connectivity index (χ0) is 13.5. The smallest absolute Gasteiger partial charge is 0.331 e. The number of rotatable bonds is 6. The summed E-state index contributed by atoms with van der Waals surface area (Å²) in [6.07, 6.45) is 2.66. The lowest BCUT2D eigenvalue weighted by Crippen LogP contribution is -2.01. The Bertz CT molecular complexity index is 427. The summed E-state index contributed by atoms with van der Waals surface area (Å²) < 4.78 is 10.5. The average Bonchev–Trinajstić information content (AvgIpc) is 2.38. The van der Waals surface area contributed by atoms with Crippen molar-refractivity contribution in [1.82, 2.24) is 0 Å². The van der Waals surface area contributed by atoms with Crippen molar-refractivity contribution >= 4 is 5.97 Å². The maximum Gasteiger partial charge on any atom is 0.331 e. The molecule has 0 spiro atoms. The van der Waals surface area contributed by atoms with Crippen LogP contribution in [0.2, 0.25) is 0 Å². The van der Waals surface area contributed by atoms with Crippen LogP contribution in [-0.2, 0) is 11.2 Å². The highest BCUT2D eigenvalue weighted by molar-refractivity contribution is 5.86. The molecule has 98 valence electrons. The van der Waals surface area contributed by atoms with Crippen LogP contribution >= 0.6 is 0 Å². The first-order valence-electron chi connectivity index (χ1n) is 5.76. The van der Waals surface area contributed by atoms with Crippen molar-refractivity contribution < 1.29 is 19.4 Å². The van der Waals surface area contributed by atoms with E-state index < -0.39 is 5.97 Å². The Morgan fingerprint density at radius 1 is 1.28 bits per heavy atom. The fourth-order valence-electron chi connectivity index (χ4n) is 1.74. The van der Waals surface area contributed by atoms with E-state index in [-0.39, 0.29) is 0 Å². The van der Waals surface area contributed by atoms with Gasteiger partial charge in [0.1, 0.15) is 11.5 Å². The van der Waals surface area contributed by atoms with E-state index in [0.717, 1.165) is 5.56 Å². The maximum absolute atomic E-state index is 10.9. The van der Waals surface area contributed by atoms with Crippen LogP contribution in [0.1, 0.15) is 18.9 Å². The van der Waals surface area contributed by atoms with Crippen molar-refractivity contribution in [3.63, 3.8) is 0 Å². The van der Waals surface area contributed by atoms with Gasteiger partial charge in [0.05, 0.1) is 14.2 Å². The zero-order valence-corrected chi connectivity index (χ0v) is 10.9. The summed E-state index contributed by atoms with van der Waals surface area (Å²) in [5.41, 5.74) is 1.25. The van der Waals surface area contributed by atoms with E-state index in [2.05, 4.69) is 0 Å². The number of benzene rings is 1. The quantitative estimate of drug-likeness (QED) is 0.789. The Balaban J connectivity index is 3.06. The minimum Gasteiger partial charge on any atom is -0.496 e. The Labute approximate surface area is 107 Å². The van der Waals surface area contributed by atoms with E-state index in [1.54, 1.807) is 20.3 Å². The van der Waals surface area contributed by atoms with Crippen LogP contribution in [0.25, 0.3) is 0 Å². The molecule has 0 atom stereocenters. The Hall–Kier alpha value is -1.97. The third-order valence-electron chi connectivity index (χ3n) is 2.74. The summed E-state index contributed by atoms with van der Waals surface area (Å²) in [7, 11) is 3.17. The summed E-state index contributed by atoms with van der Waals surface area (Å²) in [6, 6.07) is 5.50.